The van der Waals surface area contributed by atoms with Crippen molar-refractivity contribution in [1.82, 2.24) is 14.8 Å². The Balaban J connectivity index is 1.89. The maximum atomic E-state index is 13.0. The van der Waals surface area contributed by atoms with Gasteiger partial charge in [0.2, 0.25) is 0 Å². The molecule has 0 amide bonds. The molecule has 1 saturated heterocycles. The van der Waals surface area contributed by atoms with Crippen LogP contribution in [0.2, 0.25) is 0 Å². The molecule has 2 atom stereocenters. The number of nitrogens with two attached hydrogens (primary N) is 2. The summed E-state index contributed by atoms with van der Waals surface area (Å²) in [5.41, 5.74) is 8.17. The third-order valence-electron chi connectivity index (χ3n) is 10.3. The van der Waals surface area contributed by atoms with Crippen molar-refractivity contribution in [3.63, 3.8) is 0 Å². The highest BCUT2D eigenvalue weighted by Gasteiger charge is 2.45. The zero-order valence-electron chi connectivity index (χ0n) is 30.9. The largest absolute Gasteiger partial charge is 0.465 e. The lowest BCUT2D eigenvalue weighted by atomic mass is 9.73. The molecule has 0 aromatic carbocycles. The minimum atomic E-state index is -0.138. The Morgan fingerprint density at radius 1 is 1.02 bits per heavy atom. The molecular weight excluding hydrogens is 590 g/mol. The number of hydrogen-bond acceptors (Lipinski definition) is 9. The second kappa shape index (κ2) is 24.3. The number of ether oxygens (including phenoxy) is 3. The van der Waals surface area contributed by atoms with Gasteiger partial charge in [0.05, 0.1) is 19.8 Å². The first kappa shape index (κ1) is 41.3. The van der Waals surface area contributed by atoms with E-state index in [-0.39, 0.29) is 11.4 Å². The second-order valence-electron chi connectivity index (χ2n) is 13.8. The number of likely N-dealkylation sites (tertiary alicyclic amines) is 1. The van der Waals surface area contributed by atoms with Gasteiger partial charge in [-0.2, -0.15) is 0 Å². The topological polar surface area (TPSA) is 107 Å². The molecule has 2 fully saturated rings. The average Bonchev–Trinajstić information content (AvgIpc) is 3.43. The van der Waals surface area contributed by atoms with Crippen LogP contribution in [0.1, 0.15) is 105 Å². The monoisotopic (exact) mass is 662 g/mol. The van der Waals surface area contributed by atoms with Crippen LogP contribution < -0.4 is 11.6 Å². The maximum absolute atomic E-state index is 13.0. The number of allylic oxidation sites excluding steroid dienone is 3. The average molecular weight is 662 g/mol. The van der Waals surface area contributed by atoms with Gasteiger partial charge in [0.15, 0.2) is 0 Å². The maximum Gasteiger partial charge on any atom is 0.305 e. The molecule has 9 heteroatoms. The normalized spacial score (nSPS) is 21.7. The molecule has 0 aromatic rings. The van der Waals surface area contributed by atoms with E-state index in [4.69, 9.17) is 25.8 Å². The van der Waals surface area contributed by atoms with Crippen LogP contribution in [-0.2, 0) is 19.0 Å². The van der Waals surface area contributed by atoms with E-state index >= 15 is 0 Å². The molecule has 9 nitrogen and oxygen atoms in total. The summed E-state index contributed by atoms with van der Waals surface area (Å²) >= 11 is 0. The Kier molecular flexibility index (Phi) is 21.3. The molecule has 47 heavy (non-hydrogen) atoms. The van der Waals surface area contributed by atoms with Crippen molar-refractivity contribution in [3.8, 4) is 0 Å². The summed E-state index contributed by atoms with van der Waals surface area (Å²) in [6.45, 7) is 17.5. The molecule has 2 rings (SSSR count). The summed E-state index contributed by atoms with van der Waals surface area (Å²) in [6, 6.07) is 0. The Morgan fingerprint density at radius 3 is 2.47 bits per heavy atom. The summed E-state index contributed by atoms with van der Waals surface area (Å²) < 4.78 is 17.0. The first-order valence-electron chi connectivity index (χ1n) is 18.8. The number of esters is 1. The number of rotatable bonds is 25. The molecule has 4 N–H and O–H groups in total. The van der Waals surface area contributed by atoms with Gasteiger partial charge < -0.3 is 29.9 Å². The van der Waals surface area contributed by atoms with Gasteiger partial charge in [-0.3, -0.25) is 9.69 Å². The minimum Gasteiger partial charge on any atom is -0.465 e. The van der Waals surface area contributed by atoms with Crippen molar-refractivity contribution in [2.24, 2.45) is 28.8 Å². The summed E-state index contributed by atoms with van der Waals surface area (Å²) in [6.07, 6.45) is 20.9. The molecule has 272 valence electrons. The molecule has 1 heterocycles. The fraction of sp³-hybridized carbons (Fsp3) is 0.816. The van der Waals surface area contributed by atoms with Crippen molar-refractivity contribution in [1.29, 1.82) is 0 Å². The predicted molar refractivity (Wildman–Crippen MR) is 194 cm³/mol. The molecule has 0 bridgehead atoms. The standard InChI is InChI=1S/C38H71N5O4/c1-6-10-16-33(7-2)29-42-30-35(38(8-3,32-42)21-22-41(5)28-34-17-12-11-13-18-34)31-47-37(44)20-14-19-36(27-39)43(40)23-26-46-25-15-24-45-9-4/h7,10,16,27,34-35H,6,8-9,11-15,17-26,28-32,39-40H2,1-5H3/b16-10-,33-7+,36-27-. The Morgan fingerprint density at radius 2 is 1.79 bits per heavy atom. The molecule has 0 spiro atoms. The number of hydrogen-bond donors (Lipinski definition) is 2. The third-order valence-corrected chi connectivity index (χ3v) is 10.3. The van der Waals surface area contributed by atoms with Crippen LogP contribution in [0.4, 0.5) is 0 Å². The van der Waals surface area contributed by atoms with E-state index in [1.54, 1.807) is 5.01 Å². The summed E-state index contributed by atoms with van der Waals surface area (Å²) in [7, 11) is 2.30. The van der Waals surface area contributed by atoms with Crippen molar-refractivity contribution in [3.05, 3.63) is 35.7 Å². The summed E-state index contributed by atoms with van der Waals surface area (Å²) in [5.74, 6) is 7.25. The van der Waals surface area contributed by atoms with Crippen LogP contribution in [0.15, 0.2) is 35.7 Å². The van der Waals surface area contributed by atoms with E-state index < -0.39 is 0 Å². The smallest absolute Gasteiger partial charge is 0.305 e. The molecule has 1 aliphatic heterocycles. The van der Waals surface area contributed by atoms with Crippen LogP contribution in [0, 0.1) is 17.3 Å². The van der Waals surface area contributed by atoms with Gasteiger partial charge in [-0.1, -0.05) is 51.3 Å². The summed E-state index contributed by atoms with van der Waals surface area (Å²) in [4.78, 5) is 18.1. The van der Waals surface area contributed by atoms with Crippen molar-refractivity contribution in [2.45, 2.75) is 105 Å². The van der Waals surface area contributed by atoms with Gasteiger partial charge in [0, 0.05) is 70.2 Å². The number of carbonyl (C=O) groups is 1. The molecular formula is C38H71N5O4. The fourth-order valence-electron chi connectivity index (χ4n) is 7.26. The highest BCUT2D eigenvalue weighted by molar-refractivity contribution is 5.69. The Hall–Kier alpha value is -1.91. The molecule has 0 radical (unpaired) electrons. The van der Waals surface area contributed by atoms with Gasteiger partial charge in [0.1, 0.15) is 0 Å². The van der Waals surface area contributed by atoms with Crippen LogP contribution in [0.5, 0.6) is 0 Å². The lowest BCUT2D eigenvalue weighted by Crippen LogP contribution is -2.38. The second-order valence-corrected chi connectivity index (χ2v) is 13.8. The van der Waals surface area contributed by atoms with Gasteiger partial charge >= 0.3 is 5.97 Å². The lowest BCUT2D eigenvalue weighted by Gasteiger charge is -2.36. The molecule has 2 unspecified atom stereocenters. The van der Waals surface area contributed by atoms with E-state index in [1.165, 1.54) is 50.4 Å². The van der Waals surface area contributed by atoms with Gasteiger partial charge in [-0.15, -0.1) is 0 Å². The molecule has 1 saturated carbocycles. The predicted octanol–water partition coefficient (Wildman–Crippen LogP) is 6.26. The van der Waals surface area contributed by atoms with Crippen LogP contribution in [0.25, 0.3) is 0 Å². The van der Waals surface area contributed by atoms with Crippen molar-refractivity contribution >= 4 is 5.97 Å². The molecule has 2 aliphatic rings. The number of carbonyl (C=O) groups excluding carboxylic acids is 1. The van der Waals surface area contributed by atoms with E-state index in [2.05, 4.69) is 55.8 Å². The number of hydrazine groups is 1. The lowest BCUT2D eigenvalue weighted by molar-refractivity contribution is -0.146. The van der Waals surface area contributed by atoms with Crippen molar-refractivity contribution < 1.29 is 19.0 Å². The van der Waals surface area contributed by atoms with Crippen LogP contribution >= 0.6 is 0 Å². The van der Waals surface area contributed by atoms with E-state index in [0.717, 1.165) is 70.1 Å². The zero-order valence-corrected chi connectivity index (χ0v) is 30.9. The minimum absolute atomic E-state index is 0.134. The van der Waals surface area contributed by atoms with Crippen LogP contribution in [-0.4, -0.2) is 100 Å². The van der Waals surface area contributed by atoms with E-state index in [0.29, 0.717) is 58.2 Å². The van der Waals surface area contributed by atoms with Crippen LogP contribution in [0.3, 0.4) is 0 Å². The highest BCUT2D eigenvalue weighted by Crippen LogP contribution is 2.43. The quantitative estimate of drug-likeness (QED) is 0.0386. The Labute approximate surface area is 288 Å². The van der Waals surface area contributed by atoms with Gasteiger partial charge in [0.25, 0.3) is 0 Å². The van der Waals surface area contributed by atoms with Gasteiger partial charge in [-0.05, 0) is 95.7 Å². The van der Waals surface area contributed by atoms with E-state index in [1.807, 2.05) is 6.92 Å². The fourth-order valence-corrected chi connectivity index (χ4v) is 7.26. The van der Waals surface area contributed by atoms with Gasteiger partial charge in [-0.25, -0.2) is 5.84 Å². The summed E-state index contributed by atoms with van der Waals surface area (Å²) in [5, 5.41) is 1.62. The van der Waals surface area contributed by atoms with E-state index in [9.17, 15) is 4.79 Å². The molecule has 0 aromatic heterocycles. The first-order chi connectivity index (χ1) is 22.8. The Bertz CT molecular complexity index is 935. The first-order valence-corrected chi connectivity index (χ1v) is 18.8. The number of nitrogens with zero attached hydrogens (tertiary/aromatic N) is 3. The van der Waals surface area contributed by atoms with Crippen molar-refractivity contribution in [2.75, 3.05) is 79.4 Å². The SMILES string of the molecule is C/C=C(\C=C/CC)CN1CC(COC(=O)CCC/C(=C/N)N(N)CCOCCCOCC)C(CC)(CCN(C)CC2CCCCC2)C1. The molecule has 1 aliphatic carbocycles. The third kappa shape index (κ3) is 15.9. The highest BCUT2D eigenvalue weighted by atomic mass is 16.5. The zero-order chi connectivity index (χ0) is 34.3.